The minimum atomic E-state index is 0.370. The number of pyridine rings is 1. The number of nitrogens with one attached hydrogen (secondary N) is 2. The molecule has 0 aromatic carbocycles. The van der Waals surface area contributed by atoms with Gasteiger partial charge in [-0.15, -0.1) is 13.2 Å². The Morgan fingerprint density at radius 3 is 2.46 bits per heavy atom. The molecule has 0 spiro atoms. The Hall–Kier alpha value is -2.14. The first kappa shape index (κ1) is 19.9. The van der Waals surface area contributed by atoms with Crippen molar-refractivity contribution in [2.45, 2.75) is 26.4 Å². The molecule has 0 aliphatic carbocycles. The molecule has 1 heterocycles. The average Bonchev–Trinajstić information content (AvgIpc) is 2.58. The van der Waals surface area contributed by atoms with E-state index >= 15 is 0 Å². The standard InChI is InChI=1S/C19H31N5/c1-6-12-24(13-7-2)18(16(3)4)15-23-19(20-5)22-14-17-10-8-9-11-21-17/h6-11,16,18H,1-2,12-15H2,3-5H3,(H2,20,22,23). The molecule has 0 radical (unpaired) electrons. The second kappa shape index (κ2) is 11.4. The largest absolute Gasteiger partial charge is 0.355 e. The molecule has 1 rings (SSSR count). The van der Waals surface area contributed by atoms with Gasteiger partial charge in [0.15, 0.2) is 5.96 Å². The third kappa shape index (κ3) is 6.96. The molecule has 5 nitrogen and oxygen atoms in total. The Labute approximate surface area is 146 Å². The highest BCUT2D eigenvalue weighted by Crippen LogP contribution is 2.10. The molecule has 0 aliphatic rings. The number of rotatable bonds is 10. The maximum Gasteiger partial charge on any atom is 0.191 e. The monoisotopic (exact) mass is 329 g/mol. The molecular weight excluding hydrogens is 298 g/mol. The van der Waals surface area contributed by atoms with Crippen LogP contribution in [-0.2, 0) is 6.54 Å². The van der Waals surface area contributed by atoms with Gasteiger partial charge in [0.1, 0.15) is 0 Å². The first-order chi connectivity index (χ1) is 11.6. The van der Waals surface area contributed by atoms with Crippen molar-refractivity contribution < 1.29 is 0 Å². The van der Waals surface area contributed by atoms with Crippen LogP contribution in [0, 0.1) is 5.92 Å². The third-order valence-electron chi connectivity index (χ3n) is 3.83. The van der Waals surface area contributed by atoms with Gasteiger partial charge in [-0.3, -0.25) is 14.9 Å². The van der Waals surface area contributed by atoms with Gasteiger partial charge >= 0.3 is 0 Å². The van der Waals surface area contributed by atoms with Crippen molar-refractivity contribution >= 4 is 5.96 Å². The van der Waals surface area contributed by atoms with E-state index in [1.807, 2.05) is 30.4 Å². The molecule has 0 fully saturated rings. The number of aromatic nitrogens is 1. The Balaban J connectivity index is 2.59. The maximum absolute atomic E-state index is 4.31. The molecule has 0 saturated heterocycles. The molecule has 0 aliphatic heterocycles. The van der Waals surface area contributed by atoms with Gasteiger partial charge in [0, 0.05) is 38.9 Å². The fraction of sp³-hybridized carbons (Fsp3) is 0.474. The molecule has 24 heavy (non-hydrogen) atoms. The molecular formula is C19H31N5. The molecule has 0 saturated carbocycles. The topological polar surface area (TPSA) is 52.5 Å². The molecule has 5 heteroatoms. The predicted octanol–water partition coefficient (Wildman–Crippen LogP) is 2.45. The van der Waals surface area contributed by atoms with E-state index in [-0.39, 0.29) is 0 Å². The third-order valence-corrected chi connectivity index (χ3v) is 3.83. The van der Waals surface area contributed by atoms with Crippen LogP contribution < -0.4 is 10.6 Å². The average molecular weight is 329 g/mol. The van der Waals surface area contributed by atoms with E-state index in [1.165, 1.54) is 0 Å². The normalized spacial score (nSPS) is 13.0. The van der Waals surface area contributed by atoms with E-state index in [1.54, 1.807) is 13.2 Å². The summed E-state index contributed by atoms with van der Waals surface area (Å²) in [6.07, 6.45) is 5.67. The highest BCUT2D eigenvalue weighted by molar-refractivity contribution is 5.79. The summed E-state index contributed by atoms with van der Waals surface area (Å²) < 4.78 is 0. The second-order valence-electron chi connectivity index (χ2n) is 5.97. The smallest absolute Gasteiger partial charge is 0.191 e. The van der Waals surface area contributed by atoms with Crippen molar-refractivity contribution in [1.82, 2.24) is 20.5 Å². The van der Waals surface area contributed by atoms with Crippen LogP contribution in [0.15, 0.2) is 54.7 Å². The molecule has 0 amide bonds. The Morgan fingerprint density at radius 2 is 1.96 bits per heavy atom. The van der Waals surface area contributed by atoms with Crippen molar-refractivity contribution in [2.24, 2.45) is 10.9 Å². The molecule has 1 aromatic heterocycles. The SMILES string of the molecule is C=CCN(CC=C)C(CNC(=NC)NCc1ccccn1)C(C)C. The van der Waals surface area contributed by atoms with Crippen LogP contribution in [0.2, 0.25) is 0 Å². The zero-order chi connectivity index (χ0) is 17.8. The lowest BCUT2D eigenvalue weighted by molar-refractivity contribution is 0.190. The van der Waals surface area contributed by atoms with Crippen molar-refractivity contribution in [2.75, 3.05) is 26.7 Å². The molecule has 0 bridgehead atoms. The lowest BCUT2D eigenvalue weighted by atomic mass is 10.0. The van der Waals surface area contributed by atoms with Gasteiger partial charge in [0.2, 0.25) is 0 Å². The van der Waals surface area contributed by atoms with Crippen molar-refractivity contribution in [3.05, 3.63) is 55.4 Å². The van der Waals surface area contributed by atoms with Crippen LogP contribution in [0.1, 0.15) is 19.5 Å². The maximum atomic E-state index is 4.31. The van der Waals surface area contributed by atoms with Gasteiger partial charge in [-0.05, 0) is 18.1 Å². The molecule has 2 N–H and O–H groups in total. The second-order valence-corrected chi connectivity index (χ2v) is 5.97. The Kier molecular flexibility index (Phi) is 9.46. The fourth-order valence-corrected chi connectivity index (χ4v) is 2.56. The van der Waals surface area contributed by atoms with Crippen LogP contribution in [0.25, 0.3) is 0 Å². The van der Waals surface area contributed by atoms with Crippen LogP contribution >= 0.6 is 0 Å². The highest BCUT2D eigenvalue weighted by Gasteiger charge is 2.20. The summed E-state index contributed by atoms with van der Waals surface area (Å²) in [6.45, 7) is 15.3. The Bertz CT molecular complexity index is 500. The van der Waals surface area contributed by atoms with Crippen LogP contribution in [0.5, 0.6) is 0 Å². The number of hydrogen-bond acceptors (Lipinski definition) is 3. The van der Waals surface area contributed by atoms with Gasteiger partial charge in [-0.25, -0.2) is 0 Å². The van der Waals surface area contributed by atoms with Gasteiger partial charge in [0.25, 0.3) is 0 Å². The minimum absolute atomic E-state index is 0.370. The van der Waals surface area contributed by atoms with E-state index in [2.05, 4.69) is 52.5 Å². The van der Waals surface area contributed by atoms with Crippen LogP contribution in [0.4, 0.5) is 0 Å². The van der Waals surface area contributed by atoms with Crippen molar-refractivity contribution in [3.63, 3.8) is 0 Å². The summed E-state index contributed by atoms with van der Waals surface area (Å²) in [4.78, 5) is 11.0. The first-order valence-corrected chi connectivity index (χ1v) is 8.42. The zero-order valence-electron chi connectivity index (χ0n) is 15.2. The summed E-state index contributed by atoms with van der Waals surface area (Å²) in [6, 6.07) is 6.26. The number of guanidine groups is 1. The van der Waals surface area contributed by atoms with Crippen molar-refractivity contribution in [3.8, 4) is 0 Å². The molecule has 1 atom stereocenters. The summed E-state index contributed by atoms with van der Waals surface area (Å²) in [7, 11) is 1.78. The Morgan fingerprint density at radius 1 is 1.25 bits per heavy atom. The summed E-state index contributed by atoms with van der Waals surface area (Å²) in [5.74, 6) is 1.29. The van der Waals surface area contributed by atoms with E-state index in [0.717, 1.165) is 31.3 Å². The summed E-state index contributed by atoms with van der Waals surface area (Å²) in [5.41, 5.74) is 0.987. The summed E-state index contributed by atoms with van der Waals surface area (Å²) in [5, 5.41) is 6.72. The van der Waals surface area contributed by atoms with E-state index in [9.17, 15) is 0 Å². The number of hydrogen-bond donors (Lipinski definition) is 2. The lowest BCUT2D eigenvalue weighted by Crippen LogP contribution is -2.49. The van der Waals surface area contributed by atoms with Crippen LogP contribution in [0.3, 0.4) is 0 Å². The van der Waals surface area contributed by atoms with Crippen molar-refractivity contribution in [1.29, 1.82) is 0 Å². The van der Waals surface area contributed by atoms with E-state index in [0.29, 0.717) is 18.5 Å². The predicted molar refractivity (Wildman–Crippen MR) is 103 cm³/mol. The van der Waals surface area contributed by atoms with Gasteiger partial charge in [-0.1, -0.05) is 32.1 Å². The van der Waals surface area contributed by atoms with Crippen LogP contribution in [-0.4, -0.2) is 48.6 Å². The zero-order valence-corrected chi connectivity index (χ0v) is 15.2. The molecule has 132 valence electrons. The van der Waals surface area contributed by atoms with Gasteiger partial charge in [-0.2, -0.15) is 0 Å². The first-order valence-electron chi connectivity index (χ1n) is 8.42. The minimum Gasteiger partial charge on any atom is -0.355 e. The quantitative estimate of drug-likeness (QED) is 0.393. The molecule has 1 aromatic rings. The lowest BCUT2D eigenvalue weighted by Gasteiger charge is -2.33. The van der Waals surface area contributed by atoms with E-state index in [4.69, 9.17) is 0 Å². The molecule has 1 unspecified atom stereocenters. The fourth-order valence-electron chi connectivity index (χ4n) is 2.56. The highest BCUT2D eigenvalue weighted by atomic mass is 15.2. The van der Waals surface area contributed by atoms with Gasteiger partial charge < -0.3 is 10.6 Å². The van der Waals surface area contributed by atoms with E-state index < -0.39 is 0 Å². The summed E-state index contributed by atoms with van der Waals surface area (Å²) >= 11 is 0. The van der Waals surface area contributed by atoms with Gasteiger partial charge in [0.05, 0.1) is 12.2 Å². The number of aliphatic imine (C=N–C) groups is 1. The number of nitrogens with zero attached hydrogens (tertiary/aromatic N) is 3.